The van der Waals surface area contributed by atoms with Crippen molar-refractivity contribution < 1.29 is 0 Å². The molecule has 0 radical (unpaired) electrons. The zero-order valence-corrected chi connectivity index (χ0v) is 8.57. The summed E-state index contributed by atoms with van der Waals surface area (Å²) in [4.78, 5) is 0. The van der Waals surface area contributed by atoms with Crippen LogP contribution in [0.25, 0.3) is 0 Å². The molecule has 0 amide bonds. The van der Waals surface area contributed by atoms with Gasteiger partial charge in [0, 0.05) is 6.42 Å². The van der Waals surface area contributed by atoms with E-state index in [1.54, 1.807) is 0 Å². The first-order valence-electron chi connectivity index (χ1n) is 3.61. The fourth-order valence-corrected chi connectivity index (χ4v) is 1.31. The maximum absolute atomic E-state index is 8.49. The summed E-state index contributed by atoms with van der Waals surface area (Å²) >= 11 is 0. The van der Waals surface area contributed by atoms with Crippen molar-refractivity contribution in [2.45, 2.75) is 18.6 Å². The van der Waals surface area contributed by atoms with Crippen LogP contribution in [0.1, 0.15) is 13.3 Å². The highest BCUT2D eigenvalue weighted by Crippen LogP contribution is 2.60. The predicted molar refractivity (Wildman–Crippen MR) is 52.4 cm³/mol. The van der Waals surface area contributed by atoms with Gasteiger partial charge in [0.05, 0.1) is 6.07 Å². The van der Waals surface area contributed by atoms with Gasteiger partial charge in [-0.05, 0) is 30.3 Å². The van der Waals surface area contributed by atoms with Crippen LogP contribution in [-0.2, 0) is 0 Å². The average Bonchev–Trinajstić information content (AvgIpc) is 1.62. The molecular formula is C8H19NS. The molecule has 0 fully saturated rings. The molecule has 0 aromatic carbocycles. The molecule has 0 aromatic heterocycles. The van der Waals surface area contributed by atoms with Gasteiger partial charge in [-0.1, -0.05) is 6.92 Å². The molecule has 2 heteroatoms. The molecule has 0 heterocycles. The third-order valence-corrected chi connectivity index (χ3v) is 5.86. The van der Waals surface area contributed by atoms with E-state index >= 15 is 0 Å². The van der Waals surface area contributed by atoms with Gasteiger partial charge in [0.15, 0.2) is 0 Å². The Bertz CT molecular complexity index is 149. The fourth-order valence-electron chi connectivity index (χ4n) is 0.497. The molecule has 0 aliphatic rings. The lowest BCUT2D eigenvalue weighted by atomic mass is 10.4. The third kappa shape index (κ3) is 3.12. The normalized spacial score (nSPS) is 18.6. The molecule has 1 unspecified atom stereocenters. The summed E-state index contributed by atoms with van der Waals surface area (Å²) in [5.74, 6) is 0. The molecule has 0 rings (SSSR count). The second kappa shape index (κ2) is 2.47. The van der Waals surface area contributed by atoms with Crippen LogP contribution in [0.2, 0.25) is 0 Å². The fraction of sp³-hybridized carbons (Fsp3) is 0.875. The lowest BCUT2D eigenvalue weighted by Gasteiger charge is -2.52. The van der Waals surface area contributed by atoms with Gasteiger partial charge in [0.25, 0.3) is 0 Å². The summed E-state index contributed by atoms with van der Waals surface area (Å²) < 4.78 is 0. The van der Waals surface area contributed by atoms with E-state index in [4.69, 9.17) is 5.26 Å². The first-order valence-corrected chi connectivity index (χ1v) is 7.70. The molecule has 0 aromatic rings. The Morgan fingerprint density at radius 3 is 1.80 bits per heavy atom. The molecule has 1 atom stereocenters. The Kier molecular flexibility index (Phi) is 2.43. The van der Waals surface area contributed by atoms with Gasteiger partial charge in [-0.2, -0.15) is 5.26 Å². The zero-order chi connectivity index (χ0) is 8.44. The average molecular weight is 161 g/mol. The van der Waals surface area contributed by atoms with Crippen molar-refractivity contribution in [3.05, 3.63) is 0 Å². The second-order valence-corrected chi connectivity index (χ2v) is 13.2. The van der Waals surface area contributed by atoms with Crippen molar-refractivity contribution in [2.75, 3.05) is 25.0 Å². The number of hydrogen-bond donors (Lipinski definition) is 1. The first kappa shape index (κ1) is 9.84. The molecule has 0 N–H and O–H groups in total. The molecule has 62 valence electrons. The summed E-state index contributed by atoms with van der Waals surface area (Å²) in [5, 5.41) is 9.06. The van der Waals surface area contributed by atoms with E-state index in [0.29, 0.717) is 11.7 Å². The molecule has 0 spiro atoms. The topological polar surface area (TPSA) is 23.8 Å². The van der Waals surface area contributed by atoms with Crippen LogP contribution in [0.4, 0.5) is 0 Å². The second-order valence-electron chi connectivity index (χ2n) is 4.93. The van der Waals surface area contributed by atoms with E-state index in [9.17, 15) is 0 Å². The Labute approximate surface area is 64.7 Å². The number of rotatable bonds is 2. The maximum Gasteiger partial charge on any atom is 0.0632 e. The predicted octanol–water partition coefficient (Wildman–Crippen LogP) is 1.88. The first-order chi connectivity index (χ1) is 4.24. The molecule has 0 saturated heterocycles. The van der Waals surface area contributed by atoms with E-state index in [0.717, 1.165) is 0 Å². The molecule has 0 bridgehead atoms. The van der Waals surface area contributed by atoms with Gasteiger partial charge in [-0.3, -0.25) is 9.16 Å². The Morgan fingerprint density at radius 1 is 1.30 bits per heavy atom. The van der Waals surface area contributed by atoms with Crippen molar-refractivity contribution in [3.8, 4) is 6.07 Å². The Morgan fingerprint density at radius 2 is 1.70 bits per heavy atom. The van der Waals surface area contributed by atoms with Gasteiger partial charge < -0.3 is 0 Å². The minimum Gasteiger partial charge on any atom is -0.289 e. The van der Waals surface area contributed by atoms with Crippen LogP contribution in [0.15, 0.2) is 0 Å². The Hall–Kier alpha value is -0.160. The van der Waals surface area contributed by atoms with Crippen molar-refractivity contribution in [1.82, 2.24) is 0 Å². The number of thiol groups is 1. The summed E-state index contributed by atoms with van der Waals surface area (Å²) in [6.07, 6.45) is 9.96. The highest BCUT2D eigenvalue weighted by atomic mass is 32.3. The third-order valence-electron chi connectivity index (χ3n) is 2.15. The highest BCUT2D eigenvalue weighted by Gasteiger charge is 2.26. The minimum absolute atomic E-state index is 0.580. The van der Waals surface area contributed by atoms with Gasteiger partial charge in [-0.25, -0.2) is 0 Å². The van der Waals surface area contributed by atoms with Crippen molar-refractivity contribution in [3.63, 3.8) is 0 Å². The largest absolute Gasteiger partial charge is 0.289 e. The minimum atomic E-state index is -1.46. The molecule has 0 aliphatic heterocycles. The van der Waals surface area contributed by atoms with Gasteiger partial charge in [-0.15, -0.1) is 0 Å². The van der Waals surface area contributed by atoms with Crippen LogP contribution >= 0.6 is 9.16 Å². The van der Waals surface area contributed by atoms with E-state index in [2.05, 4.69) is 38.0 Å². The van der Waals surface area contributed by atoms with E-state index in [1.165, 1.54) is 0 Å². The maximum atomic E-state index is 8.49. The van der Waals surface area contributed by atoms with Crippen molar-refractivity contribution in [2.24, 2.45) is 0 Å². The van der Waals surface area contributed by atoms with Crippen molar-refractivity contribution >= 4 is 9.16 Å². The lowest BCUT2D eigenvalue weighted by Crippen LogP contribution is -2.24. The number of hydrogen-bond acceptors (Lipinski definition) is 1. The van der Waals surface area contributed by atoms with Crippen LogP contribution < -0.4 is 0 Å². The zero-order valence-electron chi connectivity index (χ0n) is 7.68. The smallest absolute Gasteiger partial charge is 0.0632 e. The number of nitriles is 1. The van der Waals surface area contributed by atoms with E-state index < -0.39 is 9.16 Å². The molecule has 1 nitrogen and oxygen atoms in total. The van der Waals surface area contributed by atoms with Gasteiger partial charge in [0.1, 0.15) is 0 Å². The highest BCUT2D eigenvalue weighted by molar-refractivity contribution is 8.48. The molecule has 0 saturated carbocycles. The SMILES string of the molecule is CC(CC#N)[SH](C)(C)(C)C. The van der Waals surface area contributed by atoms with Crippen molar-refractivity contribution in [1.29, 1.82) is 5.26 Å². The van der Waals surface area contributed by atoms with E-state index in [1.807, 2.05) is 0 Å². The quantitative estimate of drug-likeness (QED) is 0.614. The summed E-state index contributed by atoms with van der Waals surface area (Å²) in [6, 6.07) is 2.23. The number of nitrogens with zero attached hydrogens (tertiary/aromatic N) is 1. The van der Waals surface area contributed by atoms with Crippen LogP contribution in [0, 0.1) is 11.3 Å². The van der Waals surface area contributed by atoms with E-state index in [-0.39, 0.29) is 0 Å². The summed E-state index contributed by atoms with van der Waals surface area (Å²) in [7, 11) is -1.46. The van der Waals surface area contributed by atoms with Crippen LogP contribution in [0.5, 0.6) is 0 Å². The molecule has 10 heavy (non-hydrogen) atoms. The Balaban J connectivity index is 4.23. The van der Waals surface area contributed by atoms with Crippen LogP contribution in [-0.4, -0.2) is 30.3 Å². The molecule has 0 aliphatic carbocycles. The lowest BCUT2D eigenvalue weighted by molar-refractivity contribution is 0.969. The van der Waals surface area contributed by atoms with Gasteiger partial charge in [0.2, 0.25) is 0 Å². The van der Waals surface area contributed by atoms with Gasteiger partial charge >= 0.3 is 0 Å². The monoisotopic (exact) mass is 161 g/mol. The summed E-state index contributed by atoms with van der Waals surface area (Å²) in [6.45, 7) is 2.18. The standard InChI is InChI=1S/C8H19NS/c1-8(6-7-9)10(2,3,4)5/h8,10H,6H2,1-5H3. The summed E-state index contributed by atoms with van der Waals surface area (Å²) in [5.41, 5.74) is 0. The van der Waals surface area contributed by atoms with Crippen LogP contribution in [0.3, 0.4) is 0 Å². The molecular weight excluding hydrogens is 142 g/mol.